The number of carbonyl (C=O) groups excluding carboxylic acids is 2. The Bertz CT molecular complexity index is 1190. The summed E-state index contributed by atoms with van der Waals surface area (Å²) in [4.78, 5) is 39.6. The van der Waals surface area contributed by atoms with Crippen molar-refractivity contribution >= 4 is 27.5 Å². The summed E-state index contributed by atoms with van der Waals surface area (Å²) in [6.45, 7) is 2.31. The second-order valence-electron chi connectivity index (χ2n) is 8.65. The van der Waals surface area contributed by atoms with Crippen molar-refractivity contribution in [3.8, 4) is 5.75 Å². The third-order valence-corrected chi connectivity index (χ3v) is 7.11. The number of hydrogen-bond donors (Lipinski definition) is 3. The van der Waals surface area contributed by atoms with E-state index in [9.17, 15) is 14.4 Å². The third-order valence-electron chi connectivity index (χ3n) is 5.43. The lowest BCUT2D eigenvalue weighted by Gasteiger charge is -2.26. The number of benzene rings is 2. The number of ether oxygens (including phenoxy) is 1. The molecular formula is C25H32N4O4S. The lowest BCUT2D eigenvalue weighted by atomic mass is 10.0. The zero-order valence-electron chi connectivity index (χ0n) is 20.2. The molecular weight excluding hydrogens is 452 g/mol. The van der Waals surface area contributed by atoms with Gasteiger partial charge in [-0.1, -0.05) is 12.1 Å². The van der Waals surface area contributed by atoms with Crippen LogP contribution in [0.1, 0.15) is 24.1 Å². The maximum atomic E-state index is 13.2. The molecule has 0 fully saturated rings. The fraction of sp³-hybridized carbons (Fsp3) is 0.320. The van der Waals surface area contributed by atoms with Crippen LogP contribution in [0.5, 0.6) is 5.75 Å². The van der Waals surface area contributed by atoms with Crippen molar-refractivity contribution in [2.75, 3.05) is 31.2 Å². The number of aromatic amines is 1. The first kappa shape index (κ1) is 25.2. The summed E-state index contributed by atoms with van der Waals surface area (Å²) in [5.74, 6) is -0.168. The van der Waals surface area contributed by atoms with Gasteiger partial charge < -0.3 is 20.5 Å². The van der Waals surface area contributed by atoms with Crippen molar-refractivity contribution < 1.29 is 14.3 Å². The zero-order valence-corrected chi connectivity index (χ0v) is 21.0. The van der Waals surface area contributed by atoms with Gasteiger partial charge >= 0.3 is 0 Å². The molecule has 0 saturated heterocycles. The molecule has 182 valence electrons. The molecule has 8 nitrogen and oxygen atoms in total. The Morgan fingerprint density at radius 2 is 1.71 bits per heavy atom. The second kappa shape index (κ2) is 10.6. The Morgan fingerprint density at radius 3 is 2.24 bits per heavy atom. The van der Waals surface area contributed by atoms with E-state index in [4.69, 9.17) is 4.74 Å². The quantitative estimate of drug-likeness (QED) is 0.433. The molecule has 9 heteroatoms. The van der Waals surface area contributed by atoms with E-state index in [1.807, 2.05) is 31.2 Å². The van der Waals surface area contributed by atoms with Gasteiger partial charge in [0.2, 0.25) is 5.91 Å². The Labute approximate surface area is 201 Å². The molecule has 0 radical (unpaired) electrons. The summed E-state index contributed by atoms with van der Waals surface area (Å²) in [5.41, 5.74) is 1.33. The van der Waals surface area contributed by atoms with Crippen LogP contribution in [0.25, 0.3) is 0 Å². The minimum absolute atomic E-state index is 0.134. The van der Waals surface area contributed by atoms with E-state index >= 15 is 0 Å². The van der Waals surface area contributed by atoms with Crippen molar-refractivity contribution in [1.82, 2.24) is 15.1 Å². The third kappa shape index (κ3) is 6.11. The highest BCUT2D eigenvalue weighted by Gasteiger charge is 2.24. The van der Waals surface area contributed by atoms with Gasteiger partial charge in [0, 0.05) is 24.0 Å². The van der Waals surface area contributed by atoms with Gasteiger partial charge in [-0.2, -0.15) is 0 Å². The first-order valence-corrected chi connectivity index (χ1v) is 13.8. The molecule has 1 aromatic heterocycles. The fourth-order valence-electron chi connectivity index (χ4n) is 3.45. The topological polar surface area (TPSA) is 105 Å². The standard InChI is InChI=1S/C25H32N4O4S/c1-6-29-25(32)18(16-26-29)15-22(30)28-23(17-7-11-20(33-2)12-8-17)24(31)27-19-9-13-21(14-10-19)34(3,4)5/h7-14,16,23,26H,6,15H2,1-5H3,(H,27,31)(H,28,30). The molecule has 2 amide bonds. The first-order valence-electron chi connectivity index (χ1n) is 10.9. The van der Waals surface area contributed by atoms with E-state index in [-0.39, 0.29) is 17.9 Å². The SMILES string of the molecule is CCn1[nH]cc(CC(=O)NC(C(=O)Nc2ccc(S(C)(C)C)cc2)c2ccc(OC)cc2)c1=O. The van der Waals surface area contributed by atoms with Crippen LogP contribution < -0.4 is 20.9 Å². The van der Waals surface area contributed by atoms with Crippen molar-refractivity contribution in [3.63, 3.8) is 0 Å². The molecule has 1 unspecified atom stereocenters. The molecule has 0 aliphatic heterocycles. The van der Waals surface area contributed by atoms with E-state index in [0.717, 1.165) is 0 Å². The summed E-state index contributed by atoms with van der Waals surface area (Å²) in [5, 5.41) is 8.50. The van der Waals surface area contributed by atoms with Crippen molar-refractivity contribution in [2.45, 2.75) is 30.8 Å². The Morgan fingerprint density at radius 1 is 1.06 bits per heavy atom. The number of aromatic nitrogens is 2. The van der Waals surface area contributed by atoms with E-state index in [1.165, 1.54) is 15.8 Å². The van der Waals surface area contributed by atoms with Crippen LogP contribution in [0.4, 0.5) is 5.69 Å². The van der Waals surface area contributed by atoms with Crippen LogP contribution in [0.2, 0.25) is 0 Å². The highest BCUT2D eigenvalue weighted by atomic mass is 32.3. The van der Waals surface area contributed by atoms with E-state index in [0.29, 0.717) is 29.1 Å². The molecule has 34 heavy (non-hydrogen) atoms. The molecule has 1 heterocycles. The number of amides is 2. The number of carbonyl (C=O) groups is 2. The number of nitrogens with one attached hydrogen (secondary N) is 3. The van der Waals surface area contributed by atoms with Gasteiger partial charge in [-0.3, -0.25) is 19.1 Å². The number of H-pyrrole nitrogens is 1. The number of methoxy groups -OCH3 is 1. The Kier molecular flexibility index (Phi) is 7.88. The van der Waals surface area contributed by atoms with Crippen LogP contribution in [0, 0.1) is 0 Å². The van der Waals surface area contributed by atoms with Crippen LogP contribution in [-0.2, 0) is 22.6 Å². The second-order valence-corrected chi connectivity index (χ2v) is 12.8. The maximum Gasteiger partial charge on any atom is 0.270 e. The monoisotopic (exact) mass is 484 g/mol. The molecule has 2 aromatic carbocycles. The fourth-order valence-corrected chi connectivity index (χ4v) is 4.41. The van der Waals surface area contributed by atoms with Crippen molar-refractivity contribution in [2.24, 2.45) is 0 Å². The maximum absolute atomic E-state index is 13.2. The molecule has 3 N–H and O–H groups in total. The number of hydrogen-bond acceptors (Lipinski definition) is 4. The zero-order chi connectivity index (χ0) is 24.9. The van der Waals surface area contributed by atoms with Crippen LogP contribution >= 0.6 is 10.0 Å². The number of nitrogens with zero attached hydrogens (tertiary/aromatic N) is 1. The Hall–Kier alpha value is -3.46. The molecule has 0 bridgehead atoms. The average Bonchev–Trinajstić information content (AvgIpc) is 3.16. The van der Waals surface area contributed by atoms with Crippen molar-refractivity contribution in [1.29, 1.82) is 0 Å². The van der Waals surface area contributed by atoms with Gasteiger partial charge in [-0.25, -0.2) is 10.0 Å². The van der Waals surface area contributed by atoms with E-state index in [2.05, 4.69) is 34.5 Å². The highest BCUT2D eigenvalue weighted by Crippen LogP contribution is 2.45. The number of anilines is 1. The van der Waals surface area contributed by atoms with Gasteiger partial charge in [0.05, 0.1) is 13.5 Å². The van der Waals surface area contributed by atoms with Crippen LogP contribution in [-0.4, -0.2) is 47.5 Å². The number of rotatable bonds is 9. The predicted octanol–water partition coefficient (Wildman–Crippen LogP) is 3.30. The minimum Gasteiger partial charge on any atom is -0.497 e. The summed E-state index contributed by atoms with van der Waals surface area (Å²) in [6, 6.07) is 13.7. The van der Waals surface area contributed by atoms with E-state index < -0.39 is 22.0 Å². The lowest BCUT2D eigenvalue weighted by molar-refractivity contribution is -0.126. The normalized spacial score (nSPS) is 12.6. The molecule has 0 spiro atoms. The number of aryl methyl sites for hydroxylation is 1. The van der Waals surface area contributed by atoms with Gasteiger partial charge in [0.15, 0.2) is 0 Å². The smallest absolute Gasteiger partial charge is 0.270 e. The lowest BCUT2D eigenvalue weighted by Crippen LogP contribution is -2.38. The molecule has 3 aromatic rings. The van der Waals surface area contributed by atoms with Gasteiger partial charge in [0.25, 0.3) is 11.5 Å². The summed E-state index contributed by atoms with van der Waals surface area (Å²) in [6.07, 6.45) is 8.00. The van der Waals surface area contributed by atoms with E-state index in [1.54, 1.807) is 31.4 Å². The highest BCUT2D eigenvalue weighted by molar-refractivity contribution is 8.32. The molecule has 3 rings (SSSR count). The predicted molar refractivity (Wildman–Crippen MR) is 137 cm³/mol. The summed E-state index contributed by atoms with van der Waals surface area (Å²) >= 11 is 0. The minimum atomic E-state index is -0.946. The first-order chi connectivity index (χ1) is 16.1. The van der Waals surface area contributed by atoms with Crippen molar-refractivity contribution in [3.05, 3.63) is 76.2 Å². The summed E-state index contributed by atoms with van der Waals surface area (Å²) in [7, 11) is 0.685. The average molecular weight is 485 g/mol. The van der Waals surface area contributed by atoms with Gasteiger partial charge in [-0.15, -0.1) is 0 Å². The molecule has 0 aliphatic rings. The van der Waals surface area contributed by atoms with Gasteiger partial charge in [0.1, 0.15) is 11.8 Å². The van der Waals surface area contributed by atoms with Gasteiger partial charge in [-0.05, 0) is 72.5 Å². The summed E-state index contributed by atoms with van der Waals surface area (Å²) < 4.78 is 6.62. The molecule has 1 atom stereocenters. The van der Waals surface area contributed by atoms with Crippen LogP contribution in [0.15, 0.2) is 64.4 Å². The largest absolute Gasteiger partial charge is 0.497 e. The van der Waals surface area contributed by atoms with Crippen LogP contribution in [0.3, 0.4) is 0 Å². The Balaban J connectivity index is 1.81. The molecule has 0 saturated carbocycles. The molecule has 0 aliphatic carbocycles.